The summed E-state index contributed by atoms with van der Waals surface area (Å²) in [6.07, 6.45) is 6.30. The van der Waals surface area contributed by atoms with Crippen molar-refractivity contribution in [2.45, 2.75) is 50.8 Å². The Bertz CT molecular complexity index is 306. The van der Waals surface area contributed by atoms with E-state index >= 15 is 0 Å². The van der Waals surface area contributed by atoms with E-state index in [9.17, 15) is 0 Å². The number of hydrogen-bond donors (Lipinski definition) is 1. The van der Waals surface area contributed by atoms with E-state index < -0.39 is 0 Å². The van der Waals surface area contributed by atoms with Crippen LogP contribution in [0, 0.1) is 5.41 Å². The summed E-state index contributed by atoms with van der Waals surface area (Å²) in [5, 5.41) is 0. The van der Waals surface area contributed by atoms with Crippen molar-refractivity contribution in [3.8, 4) is 0 Å². The Labute approximate surface area is 117 Å². The minimum atomic E-state index is 0.373. The van der Waals surface area contributed by atoms with E-state index in [1.807, 2.05) is 11.8 Å². The molecule has 0 radical (unpaired) electrons. The maximum atomic E-state index is 6.03. The van der Waals surface area contributed by atoms with E-state index in [0.29, 0.717) is 5.41 Å². The number of nitrogens with two attached hydrogens (primary N) is 1. The summed E-state index contributed by atoms with van der Waals surface area (Å²) >= 11 is 1.96. The van der Waals surface area contributed by atoms with Crippen LogP contribution in [-0.2, 0) is 0 Å². The summed E-state index contributed by atoms with van der Waals surface area (Å²) in [5.41, 5.74) is 6.40. The van der Waals surface area contributed by atoms with E-state index in [1.54, 1.807) is 0 Å². The number of thioether (sulfide) groups is 1. The molecule has 1 unspecified atom stereocenters. The summed E-state index contributed by atoms with van der Waals surface area (Å²) in [4.78, 5) is 1.37. The minimum Gasteiger partial charge on any atom is -0.330 e. The molecule has 0 aliphatic heterocycles. The van der Waals surface area contributed by atoms with Crippen molar-refractivity contribution in [3.05, 3.63) is 30.3 Å². The van der Waals surface area contributed by atoms with Gasteiger partial charge in [-0.1, -0.05) is 44.9 Å². The van der Waals surface area contributed by atoms with Crippen LogP contribution in [0.25, 0.3) is 0 Å². The molecule has 2 heteroatoms. The van der Waals surface area contributed by atoms with Crippen LogP contribution in [0.1, 0.15) is 46.0 Å². The van der Waals surface area contributed by atoms with Gasteiger partial charge in [-0.2, -0.15) is 0 Å². The Morgan fingerprint density at radius 3 is 2.39 bits per heavy atom. The molecular formula is C16H27NS. The molecule has 0 fully saturated rings. The molecule has 1 atom stereocenters. The summed E-state index contributed by atoms with van der Waals surface area (Å²) in [6, 6.07) is 10.7. The molecule has 0 amide bonds. The number of hydrogen-bond acceptors (Lipinski definition) is 2. The van der Waals surface area contributed by atoms with E-state index in [2.05, 4.69) is 44.2 Å². The smallest absolute Gasteiger partial charge is 0.00719 e. The molecule has 1 aromatic rings. The van der Waals surface area contributed by atoms with Crippen LogP contribution in [0.4, 0.5) is 0 Å². The van der Waals surface area contributed by atoms with Gasteiger partial charge in [-0.05, 0) is 49.1 Å². The van der Waals surface area contributed by atoms with Gasteiger partial charge in [0.2, 0.25) is 0 Å². The zero-order chi connectivity index (χ0) is 13.3. The molecule has 18 heavy (non-hydrogen) atoms. The van der Waals surface area contributed by atoms with Gasteiger partial charge in [0, 0.05) is 4.90 Å². The van der Waals surface area contributed by atoms with Crippen molar-refractivity contribution in [2.75, 3.05) is 12.3 Å². The number of rotatable bonds is 9. The van der Waals surface area contributed by atoms with Crippen LogP contribution in [-0.4, -0.2) is 12.3 Å². The topological polar surface area (TPSA) is 26.0 Å². The maximum absolute atomic E-state index is 6.03. The minimum absolute atomic E-state index is 0.373. The van der Waals surface area contributed by atoms with Gasteiger partial charge in [-0.15, -0.1) is 11.8 Å². The highest BCUT2D eigenvalue weighted by Gasteiger charge is 2.25. The standard InChI is InChI=1S/C16H27NS/c1-3-5-11-16(4-2,14-17)12-13-18-15-9-7-6-8-10-15/h6-10H,3-5,11-14,17H2,1-2H3. The fourth-order valence-corrected chi connectivity index (χ4v) is 3.40. The van der Waals surface area contributed by atoms with Crippen LogP contribution in [0.2, 0.25) is 0 Å². The predicted molar refractivity (Wildman–Crippen MR) is 83.1 cm³/mol. The first-order chi connectivity index (χ1) is 8.76. The Kier molecular flexibility index (Phi) is 7.45. The van der Waals surface area contributed by atoms with Gasteiger partial charge in [-0.25, -0.2) is 0 Å². The summed E-state index contributed by atoms with van der Waals surface area (Å²) in [7, 11) is 0. The van der Waals surface area contributed by atoms with Gasteiger partial charge in [0.1, 0.15) is 0 Å². The van der Waals surface area contributed by atoms with Crippen LogP contribution < -0.4 is 5.73 Å². The monoisotopic (exact) mass is 265 g/mol. The lowest BCUT2D eigenvalue weighted by Gasteiger charge is -2.31. The lowest BCUT2D eigenvalue weighted by molar-refractivity contribution is 0.245. The Morgan fingerprint density at radius 1 is 1.11 bits per heavy atom. The molecule has 0 aliphatic rings. The molecule has 0 aromatic heterocycles. The van der Waals surface area contributed by atoms with Crippen molar-refractivity contribution in [2.24, 2.45) is 11.1 Å². The Balaban J connectivity index is 2.42. The Morgan fingerprint density at radius 2 is 1.83 bits per heavy atom. The third-order valence-corrected chi connectivity index (χ3v) is 4.90. The van der Waals surface area contributed by atoms with E-state index in [0.717, 1.165) is 6.54 Å². The van der Waals surface area contributed by atoms with Gasteiger partial charge in [0.25, 0.3) is 0 Å². The number of unbranched alkanes of at least 4 members (excludes halogenated alkanes) is 1. The molecule has 0 bridgehead atoms. The van der Waals surface area contributed by atoms with Crippen molar-refractivity contribution >= 4 is 11.8 Å². The molecular weight excluding hydrogens is 238 g/mol. The van der Waals surface area contributed by atoms with Crippen LogP contribution >= 0.6 is 11.8 Å². The first kappa shape index (κ1) is 15.6. The average Bonchev–Trinajstić information content (AvgIpc) is 2.44. The quantitative estimate of drug-likeness (QED) is 0.654. The van der Waals surface area contributed by atoms with E-state index in [-0.39, 0.29) is 0 Å². The van der Waals surface area contributed by atoms with Crippen LogP contribution in [0.3, 0.4) is 0 Å². The summed E-state index contributed by atoms with van der Waals surface area (Å²) in [6.45, 7) is 5.38. The third kappa shape index (κ3) is 5.03. The maximum Gasteiger partial charge on any atom is 0.00719 e. The summed E-state index contributed by atoms with van der Waals surface area (Å²) < 4.78 is 0. The van der Waals surface area contributed by atoms with E-state index in [4.69, 9.17) is 5.73 Å². The second kappa shape index (κ2) is 8.60. The zero-order valence-corrected chi connectivity index (χ0v) is 12.6. The third-order valence-electron chi connectivity index (χ3n) is 3.89. The van der Waals surface area contributed by atoms with Gasteiger partial charge in [-0.3, -0.25) is 0 Å². The van der Waals surface area contributed by atoms with Crippen molar-refractivity contribution < 1.29 is 0 Å². The molecule has 0 saturated heterocycles. The second-order valence-corrected chi connectivity index (χ2v) is 6.24. The lowest BCUT2D eigenvalue weighted by Crippen LogP contribution is -2.30. The molecule has 0 heterocycles. The molecule has 1 rings (SSSR count). The zero-order valence-electron chi connectivity index (χ0n) is 11.8. The van der Waals surface area contributed by atoms with E-state index in [1.165, 1.54) is 42.8 Å². The highest BCUT2D eigenvalue weighted by atomic mass is 32.2. The normalized spacial score (nSPS) is 14.4. The van der Waals surface area contributed by atoms with Gasteiger partial charge >= 0.3 is 0 Å². The highest BCUT2D eigenvalue weighted by molar-refractivity contribution is 7.99. The largest absolute Gasteiger partial charge is 0.330 e. The summed E-state index contributed by atoms with van der Waals surface area (Å²) in [5.74, 6) is 1.18. The highest BCUT2D eigenvalue weighted by Crippen LogP contribution is 2.34. The predicted octanol–water partition coefficient (Wildman–Crippen LogP) is 4.71. The van der Waals surface area contributed by atoms with Gasteiger partial charge < -0.3 is 5.73 Å². The molecule has 0 saturated carbocycles. The second-order valence-electron chi connectivity index (χ2n) is 5.07. The van der Waals surface area contributed by atoms with Crippen molar-refractivity contribution in [3.63, 3.8) is 0 Å². The lowest BCUT2D eigenvalue weighted by atomic mass is 9.78. The number of benzene rings is 1. The van der Waals surface area contributed by atoms with Gasteiger partial charge in [0.05, 0.1) is 0 Å². The first-order valence-corrected chi connectivity index (χ1v) is 8.13. The fourth-order valence-electron chi connectivity index (χ4n) is 2.28. The molecule has 102 valence electrons. The first-order valence-electron chi connectivity index (χ1n) is 7.14. The average molecular weight is 265 g/mol. The molecule has 0 spiro atoms. The molecule has 2 N–H and O–H groups in total. The van der Waals surface area contributed by atoms with Crippen LogP contribution in [0.5, 0.6) is 0 Å². The van der Waals surface area contributed by atoms with Crippen LogP contribution in [0.15, 0.2) is 35.2 Å². The fraction of sp³-hybridized carbons (Fsp3) is 0.625. The van der Waals surface area contributed by atoms with Crippen molar-refractivity contribution in [1.29, 1.82) is 0 Å². The molecule has 0 aliphatic carbocycles. The molecule has 1 aromatic carbocycles. The molecule has 1 nitrogen and oxygen atoms in total. The van der Waals surface area contributed by atoms with Crippen molar-refractivity contribution in [1.82, 2.24) is 0 Å². The van der Waals surface area contributed by atoms with Gasteiger partial charge in [0.15, 0.2) is 0 Å². The SMILES string of the molecule is CCCCC(CC)(CN)CCSc1ccccc1. The Hall–Kier alpha value is -0.470.